The zero-order valence-corrected chi connectivity index (χ0v) is 18.1. The first-order valence-electron chi connectivity index (χ1n) is 10.7. The molecule has 160 valence electrons. The van der Waals surface area contributed by atoms with Crippen LogP contribution in [0.4, 0.5) is 5.69 Å². The first kappa shape index (κ1) is 20.2. The van der Waals surface area contributed by atoms with Gasteiger partial charge >= 0.3 is 0 Å². The summed E-state index contributed by atoms with van der Waals surface area (Å²) in [4.78, 5) is 42.0. The Morgan fingerprint density at radius 3 is 2.55 bits per heavy atom. The van der Waals surface area contributed by atoms with E-state index in [-0.39, 0.29) is 29.8 Å². The smallest absolute Gasteiger partial charge is 0.250 e. The average Bonchev–Trinajstić information content (AvgIpc) is 3.33. The van der Waals surface area contributed by atoms with Gasteiger partial charge in [-0.1, -0.05) is 48.9 Å². The number of anilines is 1. The van der Waals surface area contributed by atoms with Gasteiger partial charge in [-0.2, -0.15) is 0 Å². The molecule has 6 nitrogen and oxygen atoms in total. The molecule has 0 saturated carbocycles. The standard InChI is InChI=1S/C24H24ClN3O3/c1-3-13(2)28-21(29)19-18(11-14-7-5-4-6-8-14)27-24(20(19)22(28)30)16-12-15(25)9-10-17(16)26-23(24)31/h4-10,12-13,18-20,27H,3,11H2,1-2H3,(H,26,31). The Labute approximate surface area is 185 Å². The fourth-order valence-corrected chi connectivity index (χ4v) is 5.63. The lowest BCUT2D eigenvalue weighted by Crippen LogP contribution is -2.54. The summed E-state index contributed by atoms with van der Waals surface area (Å²) < 4.78 is 0. The molecule has 3 amide bonds. The van der Waals surface area contributed by atoms with Crippen LogP contribution in [0, 0.1) is 11.8 Å². The fraction of sp³-hybridized carbons (Fsp3) is 0.375. The molecule has 31 heavy (non-hydrogen) atoms. The highest BCUT2D eigenvalue weighted by atomic mass is 35.5. The molecule has 3 aliphatic rings. The van der Waals surface area contributed by atoms with Crippen molar-refractivity contribution in [2.75, 3.05) is 5.32 Å². The van der Waals surface area contributed by atoms with Gasteiger partial charge in [0, 0.05) is 28.4 Å². The number of imide groups is 1. The van der Waals surface area contributed by atoms with Gasteiger partial charge in [0.05, 0.1) is 11.8 Å². The molecule has 5 atom stereocenters. The summed E-state index contributed by atoms with van der Waals surface area (Å²) in [6, 6.07) is 14.4. The van der Waals surface area contributed by atoms with Crippen molar-refractivity contribution in [3.63, 3.8) is 0 Å². The van der Waals surface area contributed by atoms with Gasteiger partial charge in [0.25, 0.3) is 0 Å². The van der Waals surface area contributed by atoms with Crippen LogP contribution in [0.25, 0.3) is 0 Å². The monoisotopic (exact) mass is 437 g/mol. The zero-order chi connectivity index (χ0) is 21.9. The van der Waals surface area contributed by atoms with E-state index in [4.69, 9.17) is 11.6 Å². The molecule has 1 spiro atoms. The Morgan fingerprint density at radius 2 is 1.84 bits per heavy atom. The van der Waals surface area contributed by atoms with Gasteiger partial charge < -0.3 is 5.32 Å². The van der Waals surface area contributed by atoms with Crippen LogP contribution in [0.1, 0.15) is 31.4 Å². The van der Waals surface area contributed by atoms with Crippen LogP contribution in [-0.4, -0.2) is 34.7 Å². The summed E-state index contributed by atoms with van der Waals surface area (Å²) >= 11 is 6.28. The SMILES string of the molecule is CCC(C)N1C(=O)C2C(Cc3ccccc3)NC3(C(=O)Nc4ccc(Cl)cc43)C2C1=O. The Hall–Kier alpha value is -2.70. The fourth-order valence-electron chi connectivity index (χ4n) is 5.46. The predicted molar refractivity (Wildman–Crippen MR) is 117 cm³/mol. The van der Waals surface area contributed by atoms with E-state index in [9.17, 15) is 14.4 Å². The molecule has 2 fully saturated rings. The Kier molecular flexibility index (Phi) is 4.68. The molecule has 3 heterocycles. The minimum atomic E-state index is -1.31. The van der Waals surface area contributed by atoms with Crippen LogP contribution in [0.3, 0.4) is 0 Å². The highest BCUT2D eigenvalue weighted by Gasteiger charge is 2.70. The van der Waals surface area contributed by atoms with E-state index >= 15 is 0 Å². The van der Waals surface area contributed by atoms with E-state index in [1.807, 2.05) is 44.2 Å². The Morgan fingerprint density at radius 1 is 1.10 bits per heavy atom. The molecule has 2 aromatic carbocycles. The lowest BCUT2D eigenvalue weighted by molar-refractivity contribution is -0.145. The highest BCUT2D eigenvalue weighted by Crippen LogP contribution is 2.54. The number of amides is 3. The van der Waals surface area contributed by atoms with Crippen molar-refractivity contribution in [1.29, 1.82) is 0 Å². The molecular weight excluding hydrogens is 414 g/mol. The minimum absolute atomic E-state index is 0.196. The molecule has 2 aromatic rings. The van der Waals surface area contributed by atoms with Gasteiger partial charge in [0.2, 0.25) is 17.7 Å². The number of benzene rings is 2. The van der Waals surface area contributed by atoms with Gasteiger partial charge in [0.1, 0.15) is 5.54 Å². The summed E-state index contributed by atoms with van der Waals surface area (Å²) in [7, 11) is 0. The Bertz CT molecular complexity index is 1090. The van der Waals surface area contributed by atoms with E-state index in [1.165, 1.54) is 4.90 Å². The number of fused-ring (bicyclic) bond motifs is 4. The molecule has 0 aromatic heterocycles. The normalized spacial score (nSPS) is 30.0. The topological polar surface area (TPSA) is 78.5 Å². The molecular formula is C24H24ClN3O3. The van der Waals surface area contributed by atoms with Crippen LogP contribution in [0.15, 0.2) is 48.5 Å². The molecule has 0 radical (unpaired) electrons. The van der Waals surface area contributed by atoms with Crippen molar-refractivity contribution in [2.24, 2.45) is 11.8 Å². The summed E-state index contributed by atoms with van der Waals surface area (Å²) in [5, 5.41) is 6.84. The van der Waals surface area contributed by atoms with E-state index < -0.39 is 17.4 Å². The number of halogens is 1. The number of nitrogens with one attached hydrogen (secondary N) is 2. The third-order valence-corrected chi connectivity index (χ3v) is 7.28. The number of nitrogens with zero attached hydrogens (tertiary/aromatic N) is 1. The second kappa shape index (κ2) is 7.18. The average molecular weight is 438 g/mol. The number of carbonyl (C=O) groups excluding carboxylic acids is 3. The van der Waals surface area contributed by atoms with Gasteiger partial charge in [-0.05, 0) is 43.5 Å². The second-order valence-electron chi connectivity index (χ2n) is 8.70. The number of likely N-dealkylation sites (tertiary alicyclic amines) is 1. The van der Waals surface area contributed by atoms with Crippen molar-refractivity contribution in [3.05, 3.63) is 64.7 Å². The number of hydrogen-bond donors (Lipinski definition) is 2. The van der Waals surface area contributed by atoms with Crippen molar-refractivity contribution in [2.45, 2.75) is 44.3 Å². The van der Waals surface area contributed by atoms with Gasteiger partial charge in [-0.25, -0.2) is 0 Å². The summed E-state index contributed by atoms with van der Waals surface area (Å²) in [6.07, 6.45) is 1.20. The van der Waals surface area contributed by atoms with Crippen molar-refractivity contribution in [3.8, 4) is 0 Å². The molecule has 2 saturated heterocycles. The van der Waals surface area contributed by atoms with Crippen molar-refractivity contribution >= 4 is 35.0 Å². The highest BCUT2D eigenvalue weighted by molar-refractivity contribution is 6.31. The summed E-state index contributed by atoms with van der Waals surface area (Å²) in [5.74, 6) is -2.20. The van der Waals surface area contributed by atoms with Crippen LogP contribution in [0.5, 0.6) is 0 Å². The van der Waals surface area contributed by atoms with Crippen LogP contribution in [-0.2, 0) is 26.3 Å². The first-order chi connectivity index (χ1) is 14.9. The second-order valence-corrected chi connectivity index (χ2v) is 9.14. The van der Waals surface area contributed by atoms with Crippen molar-refractivity contribution < 1.29 is 14.4 Å². The van der Waals surface area contributed by atoms with Crippen LogP contribution < -0.4 is 10.6 Å². The molecule has 7 heteroatoms. The molecule has 2 N–H and O–H groups in total. The maximum atomic E-state index is 13.6. The van der Waals surface area contributed by atoms with Crippen LogP contribution in [0.2, 0.25) is 5.02 Å². The zero-order valence-electron chi connectivity index (χ0n) is 17.4. The van der Waals surface area contributed by atoms with E-state index in [0.29, 0.717) is 29.1 Å². The van der Waals surface area contributed by atoms with Crippen molar-refractivity contribution in [1.82, 2.24) is 10.2 Å². The van der Waals surface area contributed by atoms with E-state index in [2.05, 4.69) is 10.6 Å². The van der Waals surface area contributed by atoms with Crippen LogP contribution >= 0.6 is 11.6 Å². The van der Waals surface area contributed by atoms with E-state index in [0.717, 1.165) is 5.56 Å². The summed E-state index contributed by atoms with van der Waals surface area (Å²) in [5.41, 5.74) is 1.01. The lowest BCUT2D eigenvalue weighted by atomic mass is 9.76. The summed E-state index contributed by atoms with van der Waals surface area (Å²) in [6.45, 7) is 3.83. The minimum Gasteiger partial charge on any atom is -0.324 e. The quantitative estimate of drug-likeness (QED) is 0.720. The lowest BCUT2D eigenvalue weighted by Gasteiger charge is -2.31. The molecule has 0 aliphatic carbocycles. The number of carbonyl (C=O) groups is 3. The molecule has 0 bridgehead atoms. The molecule has 5 unspecified atom stereocenters. The maximum absolute atomic E-state index is 13.6. The third-order valence-electron chi connectivity index (χ3n) is 7.04. The predicted octanol–water partition coefficient (Wildman–Crippen LogP) is 3.10. The van der Waals surface area contributed by atoms with E-state index in [1.54, 1.807) is 18.2 Å². The van der Waals surface area contributed by atoms with Gasteiger partial charge in [-0.3, -0.25) is 24.6 Å². The van der Waals surface area contributed by atoms with Gasteiger partial charge in [0.15, 0.2) is 0 Å². The third kappa shape index (κ3) is 2.78. The largest absolute Gasteiger partial charge is 0.324 e. The maximum Gasteiger partial charge on any atom is 0.250 e. The Balaban J connectivity index is 1.66. The van der Waals surface area contributed by atoms with Gasteiger partial charge in [-0.15, -0.1) is 0 Å². The number of hydrogen-bond acceptors (Lipinski definition) is 4. The number of rotatable bonds is 4. The molecule has 3 aliphatic heterocycles. The first-order valence-corrected chi connectivity index (χ1v) is 11.1. The molecule has 5 rings (SSSR count).